The lowest BCUT2D eigenvalue weighted by Gasteiger charge is -2.47. The number of amides is 2. The fraction of sp³-hybridized carbons (Fsp3) is 0.778. The van der Waals surface area contributed by atoms with E-state index in [2.05, 4.69) is 17.1 Å². The summed E-state index contributed by atoms with van der Waals surface area (Å²) in [5, 5.41) is 0. The summed E-state index contributed by atoms with van der Waals surface area (Å²) in [5.74, 6) is 0.756. The lowest BCUT2D eigenvalue weighted by Crippen LogP contribution is -2.53. The Balaban J connectivity index is 1.54. The van der Waals surface area contributed by atoms with Crippen molar-refractivity contribution < 1.29 is 14.3 Å². The van der Waals surface area contributed by atoms with E-state index < -0.39 is 0 Å². The van der Waals surface area contributed by atoms with E-state index in [9.17, 15) is 9.59 Å². The molecular formula is C18H28N2O3. The van der Waals surface area contributed by atoms with Crippen molar-refractivity contribution in [2.24, 2.45) is 11.3 Å². The van der Waals surface area contributed by atoms with Crippen LogP contribution < -0.4 is 0 Å². The zero-order valence-electron chi connectivity index (χ0n) is 14.1. The van der Waals surface area contributed by atoms with Gasteiger partial charge in [0.2, 0.25) is 11.8 Å². The lowest BCUT2D eigenvalue weighted by atomic mass is 9.72. The number of carbonyl (C=O) groups is 2. The molecule has 0 aromatic heterocycles. The van der Waals surface area contributed by atoms with Gasteiger partial charge in [0.15, 0.2) is 0 Å². The molecule has 3 rings (SSSR count). The first-order chi connectivity index (χ1) is 11.1. The van der Waals surface area contributed by atoms with Crippen LogP contribution in [-0.4, -0.2) is 61.5 Å². The van der Waals surface area contributed by atoms with Crippen LogP contribution >= 0.6 is 0 Å². The first kappa shape index (κ1) is 16.5. The van der Waals surface area contributed by atoms with E-state index in [0.29, 0.717) is 25.5 Å². The maximum absolute atomic E-state index is 12.5. The molecule has 1 spiro atoms. The van der Waals surface area contributed by atoms with Gasteiger partial charge in [-0.1, -0.05) is 12.2 Å². The molecule has 23 heavy (non-hydrogen) atoms. The number of nitrogens with zero attached hydrogens (tertiary/aromatic N) is 2. The van der Waals surface area contributed by atoms with Crippen LogP contribution in [0.2, 0.25) is 0 Å². The molecule has 3 aliphatic rings. The number of rotatable bonds is 4. The van der Waals surface area contributed by atoms with E-state index in [1.54, 1.807) is 7.11 Å². The molecule has 2 fully saturated rings. The normalized spacial score (nSPS) is 24.7. The third-order valence-corrected chi connectivity index (χ3v) is 5.81. The fourth-order valence-corrected chi connectivity index (χ4v) is 4.19. The van der Waals surface area contributed by atoms with Crippen LogP contribution in [0.3, 0.4) is 0 Å². The predicted octanol–water partition coefficient (Wildman–Crippen LogP) is 1.83. The summed E-state index contributed by atoms with van der Waals surface area (Å²) in [7, 11) is 1.67. The molecule has 1 aliphatic carbocycles. The van der Waals surface area contributed by atoms with Gasteiger partial charge in [-0.05, 0) is 37.5 Å². The van der Waals surface area contributed by atoms with Gasteiger partial charge < -0.3 is 14.5 Å². The molecule has 5 heteroatoms. The Labute approximate surface area is 138 Å². The number of carbonyl (C=O) groups excluding carboxylic acids is 2. The second-order valence-electron chi connectivity index (χ2n) is 7.27. The maximum Gasteiger partial charge on any atom is 0.226 e. The molecule has 2 heterocycles. The highest BCUT2D eigenvalue weighted by Gasteiger charge is 2.42. The highest BCUT2D eigenvalue weighted by molar-refractivity contribution is 5.80. The predicted molar refractivity (Wildman–Crippen MR) is 87.8 cm³/mol. The number of likely N-dealkylation sites (tertiary alicyclic amines) is 2. The number of hydrogen-bond donors (Lipinski definition) is 0. The molecule has 128 valence electrons. The lowest BCUT2D eigenvalue weighted by molar-refractivity contribution is -0.144. The highest BCUT2D eigenvalue weighted by atomic mass is 16.5. The molecule has 0 aromatic carbocycles. The SMILES string of the molecule is COCCN1CC2(CCC1=O)CCN(C(=O)C1CC=CC1)CC2. The highest BCUT2D eigenvalue weighted by Crippen LogP contribution is 2.40. The molecule has 2 saturated heterocycles. The summed E-state index contributed by atoms with van der Waals surface area (Å²) < 4.78 is 5.12. The van der Waals surface area contributed by atoms with E-state index in [0.717, 1.165) is 51.7 Å². The van der Waals surface area contributed by atoms with Crippen molar-refractivity contribution in [2.45, 2.75) is 38.5 Å². The molecule has 0 radical (unpaired) electrons. The van der Waals surface area contributed by atoms with E-state index in [1.165, 1.54) is 0 Å². The molecule has 2 aliphatic heterocycles. The molecule has 5 nitrogen and oxygen atoms in total. The monoisotopic (exact) mass is 320 g/mol. The number of piperidine rings is 2. The van der Waals surface area contributed by atoms with Gasteiger partial charge in [-0.25, -0.2) is 0 Å². The van der Waals surface area contributed by atoms with Gasteiger partial charge in [0.05, 0.1) is 6.61 Å². The Morgan fingerprint density at radius 2 is 1.96 bits per heavy atom. The van der Waals surface area contributed by atoms with Crippen LogP contribution in [0.1, 0.15) is 38.5 Å². The molecule has 0 unspecified atom stereocenters. The summed E-state index contributed by atoms with van der Waals surface area (Å²) in [6.45, 7) is 3.82. The second kappa shape index (κ2) is 7.04. The fourth-order valence-electron chi connectivity index (χ4n) is 4.19. The summed E-state index contributed by atoms with van der Waals surface area (Å²) in [6, 6.07) is 0. The average Bonchev–Trinajstić information content (AvgIpc) is 3.11. The van der Waals surface area contributed by atoms with Gasteiger partial charge >= 0.3 is 0 Å². The molecule has 0 aromatic rings. The average molecular weight is 320 g/mol. The van der Waals surface area contributed by atoms with Gasteiger partial charge in [0.1, 0.15) is 0 Å². The van der Waals surface area contributed by atoms with Crippen molar-refractivity contribution >= 4 is 11.8 Å². The first-order valence-electron chi connectivity index (χ1n) is 8.84. The summed E-state index contributed by atoms with van der Waals surface area (Å²) in [5.41, 5.74) is 0.215. The van der Waals surface area contributed by atoms with Crippen molar-refractivity contribution in [2.75, 3.05) is 39.9 Å². The second-order valence-corrected chi connectivity index (χ2v) is 7.27. The van der Waals surface area contributed by atoms with Crippen molar-refractivity contribution in [1.82, 2.24) is 9.80 Å². The summed E-state index contributed by atoms with van der Waals surface area (Å²) in [4.78, 5) is 28.6. The molecule has 0 bridgehead atoms. The number of methoxy groups -OCH3 is 1. The van der Waals surface area contributed by atoms with E-state index in [1.807, 2.05) is 4.90 Å². The van der Waals surface area contributed by atoms with Crippen LogP contribution in [0, 0.1) is 11.3 Å². The Kier molecular flexibility index (Phi) is 5.05. The Hall–Kier alpha value is -1.36. The zero-order chi connectivity index (χ0) is 16.3. The van der Waals surface area contributed by atoms with Gasteiger partial charge in [0, 0.05) is 45.6 Å². The minimum Gasteiger partial charge on any atom is -0.383 e. The Morgan fingerprint density at radius 3 is 2.61 bits per heavy atom. The summed E-state index contributed by atoms with van der Waals surface area (Å²) in [6.07, 6.45) is 9.71. The van der Waals surface area contributed by atoms with Crippen LogP contribution in [0.5, 0.6) is 0 Å². The number of hydrogen-bond acceptors (Lipinski definition) is 3. The number of allylic oxidation sites excluding steroid dienone is 2. The van der Waals surface area contributed by atoms with Crippen LogP contribution in [0.15, 0.2) is 12.2 Å². The van der Waals surface area contributed by atoms with Crippen molar-refractivity contribution in [3.8, 4) is 0 Å². The van der Waals surface area contributed by atoms with Crippen LogP contribution in [-0.2, 0) is 14.3 Å². The van der Waals surface area contributed by atoms with E-state index >= 15 is 0 Å². The van der Waals surface area contributed by atoms with Gasteiger partial charge in [-0.15, -0.1) is 0 Å². The Morgan fingerprint density at radius 1 is 1.26 bits per heavy atom. The molecule has 0 saturated carbocycles. The molecule has 2 amide bonds. The van der Waals surface area contributed by atoms with Gasteiger partial charge in [0.25, 0.3) is 0 Å². The van der Waals surface area contributed by atoms with Crippen molar-refractivity contribution in [1.29, 1.82) is 0 Å². The standard InChI is InChI=1S/C18H28N2O3/c1-23-13-12-20-14-18(7-6-16(20)21)8-10-19(11-9-18)17(22)15-4-2-3-5-15/h2-3,15H,4-14H2,1H3. The molecular weight excluding hydrogens is 292 g/mol. The van der Waals surface area contributed by atoms with E-state index in [-0.39, 0.29) is 17.2 Å². The quantitative estimate of drug-likeness (QED) is 0.743. The topological polar surface area (TPSA) is 49.9 Å². The Bertz CT molecular complexity index is 473. The third kappa shape index (κ3) is 3.60. The van der Waals surface area contributed by atoms with Crippen molar-refractivity contribution in [3.05, 3.63) is 12.2 Å². The number of ether oxygens (including phenoxy) is 1. The molecule has 0 N–H and O–H groups in total. The van der Waals surface area contributed by atoms with Crippen LogP contribution in [0.25, 0.3) is 0 Å². The first-order valence-corrected chi connectivity index (χ1v) is 8.84. The minimum absolute atomic E-state index is 0.176. The largest absolute Gasteiger partial charge is 0.383 e. The third-order valence-electron chi connectivity index (χ3n) is 5.81. The summed E-state index contributed by atoms with van der Waals surface area (Å²) >= 11 is 0. The van der Waals surface area contributed by atoms with Crippen LogP contribution in [0.4, 0.5) is 0 Å². The van der Waals surface area contributed by atoms with Gasteiger partial charge in [-0.3, -0.25) is 9.59 Å². The van der Waals surface area contributed by atoms with E-state index in [4.69, 9.17) is 4.74 Å². The minimum atomic E-state index is 0.176. The maximum atomic E-state index is 12.5. The van der Waals surface area contributed by atoms with Gasteiger partial charge in [-0.2, -0.15) is 0 Å². The smallest absolute Gasteiger partial charge is 0.226 e. The van der Waals surface area contributed by atoms with Crippen molar-refractivity contribution in [3.63, 3.8) is 0 Å². The zero-order valence-corrected chi connectivity index (χ0v) is 14.1. The molecule has 0 atom stereocenters.